The minimum Gasteiger partial charge on any atom is -0.377 e. The Bertz CT molecular complexity index is 298. The zero-order valence-electron chi connectivity index (χ0n) is 15.8. The molecule has 0 saturated carbocycles. The molecule has 0 fully saturated rings. The zero-order chi connectivity index (χ0) is 15.9. The summed E-state index contributed by atoms with van der Waals surface area (Å²) >= 11 is 0. The summed E-state index contributed by atoms with van der Waals surface area (Å²) < 4.78 is 5.67. The van der Waals surface area contributed by atoms with Gasteiger partial charge in [-0.3, -0.25) is 0 Å². The van der Waals surface area contributed by atoms with Crippen molar-refractivity contribution in [2.45, 2.75) is 58.8 Å². The maximum atomic E-state index is 5.67. The first-order chi connectivity index (χ1) is 10.1. The van der Waals surface area contributed by atoms with Crippen LogP contribution in [-0.4, -0.2) is 38.8 Å². The molecule has 0 saturated heterocycles. The number of allylic oxidation sites excluding steroid dienone is 3. The van der Waals surface area contributed by atoms with Gasteiger partial charge in [-0.15, -0.1) is 6.42 Å². The molecule has 0 rings (SSSR count). The molecule has 0 aromatic heterocycles. The Hall–Kier alpha value is -0.133. The SMILES string of the molecule is [CH2-]/C(=C/CCCCC)CC/C=C(/C)COCCCN(C)C.[Li+]. The van der Waals surface area contributed by atoms with E-state index in [-0.39, 0.29) is 18.9 Å². The van der Waals surface area contributed by atoms with Crippen LogP contribution in [0.1, 0.15) is 58.8 Å². The molecule has 0 radical (unpaired) electrons. The maximum absolute atomic E-state index is 5.67. The van der Waals surface area contributed by atoms with Crippen LogP contribution in [0, 0.1) is 6.92 Å². The Labute approximate surface area is 151 Å². The second-order valence-corrected chi connectivity index (χ2v) is 6.16. The van der Waals surface area contributed by atoms with Gasteiger partial charge in [0.2, 0.25) is 0 Å². The summed E-state index contributed by atoms with van der Waals surface area (Å²) in [6.07, 6.45) is 12.9. The van der Waals surface area contributed by atoms with Gasteiger partial charge >= 0.3 is 18.9 Å². The van der Waals surface area contributed by atoms with Gasteiger partial charge in [-0.2, -0.15) is 0 Å². The number of hydrogen-bond acceptors (Lipinski definition) is 2. The van der Waals surface area contributed by atoms with Crippen molar-refractivity contribution in [3.8, 4) is 0 Å². The summed E-state index contributed by atoms with van der Waals surface area (Å²) in [5, 5.41) is 0. The van der Waals surface area contributed by atoms with Crippen molar-refractivity contribution in [1.82, 2.24) is 4.90 Å². The number of unbranched alkanes of at least 4 members (excludes halogenated alkanes) is 3. The predicted octanol–water partition coefficient (Wildman–Crippen LogP) is 2.03. The molecule has 3 heteroatoms. The molecule has 0 N–H and O–H groups in total. The first kappa shape index (κ1) is 24.1. The molecule has 0 unspecified atom stereocenters. The molecule has 0 heterocycles. The van der Waals surface area contributed by atoms with Gasteiger partial charge in [0.25, 0.3) is 0 Å². The van der Waals surface area contributed by atoms with Gasteiger partial charge in [0.15, 0.2) is 0 Å². The van der Waals surface area contributed by atoms with E-state index in [2.05, 4.69) is 51.9 Å². The predicted molar refractivity (Wildman–Crippen MR) is 94.6 cm³/mol. The summed E-state index contributed by atoms with van der Waals surface area (Å²) in [6.45, 7) is 11.2. The third-order valence-electron chi connectivity index (χ3n) is 3.42. The topological polar surface area (TPSA) is 12.5 Å². The first-order valence-corrected chi connectivity index (χ1v) is 8.45. The van der Waals surface area contributed by atoms with E-state index in [1.54, 1.807) is 0 Å². The summed E-state index contributed by atoms with van der Waals surface area (Å²) in [4.78, 5) is 2.19. The van der Waals surface area contributed by atoms with Crippen molar-refractivity contribution in [2.24, 2.45) is 0 Å². The van der Waals surface area contributed by atoms with Crippen LogP contribution in [0.5, 0.6) is 0 Å². The molecule has 0 amide bonds. The minimum absolute atomic E-state index is 0. The average molecular weight is 301 g/mol. The molecule has 0 aromatic rings. The molecule has 0 aromatic carbocycles. The van der Waals surface area contributed by atoms with Crippen LogP contribution in [0.15, 0.2) is 23.3 Å². The van der Waals surface area contributed by atoms with Crippen molar-refractivity contribution in [3.05, 3.63) is 30.2 Å². The van der Waals surface area contributed by atoms with Crippen LogP contribution in [-0.2, 0) is 4.74 Å². The van der Waals surface area contributed by atoms with Crippen LogP contribution < -0.4 is 18.9 Å². The third-order valence-corrected chi connectivity index (χ3v) is 3.42. The average Bonchev–Trinajstić information content (AvgIpc) is 2.43. The zero-order valence-corrected chi connectivity index (χ0v) is 15.8. The van der Waals surface area contributed by atoms with Crippen molar-refractivity contribution < 1.29 is 23.6 Å². The Kier molecular flexibility index (Phi) is 18.9. The van der Waals surface area contributed by atoms with E-state index in [1.807, 2.05) is 0 Å². The number of ether oxygens (including phenoxy) is 1. The van der Waals surface area contributed by atoms with Crippen LogP contribution in [0.3, 0.4) is 0 Å². The van der Waals surface area contributed by atoms with Crippen molar-refractivity contribution in [3.63, 3.8) is 0 Å². The fraction of sp³-hybridized carbons (Fsp3) is 0.737. The summed E-state index contributed by atoms with van der Waals surface area (Å²) in [5.74, 6) is 0. The van der Waals surface area contributed by atoms with E-state index in [0.717, 1.165) is 39.0 Å². The Morgan fingerprint density at radius 3 is 2.45 bits per heavy atom. The largest absolute Gasteiger partial charge is 1.00 e. The van der Waals surface area contributed by atoms with E-state index in [9.17, 15) is 0 Å². The van der Waals surface area contributed by atoms with E-state index in [4.69, 9.17) is 4.74 Å². The summed E-state index contributed by atoms with van der Waals surface area (Å²) in [5.41, 5.74) is 2.61. The molecular formula is C19H36LiNO. The molecule has 0 aliphatic carbocycles. The van der Waals surface area contributed by atoms with Crippen LogP contribution in [0.4, 0.5) is 0 Å². The van der Waals surface area contributed by atoms with Gasteiger partial charge in [-0.1, -0.05) is 44.3 Å². The van der Waals surface area contributed by atoms with Gasteiger partial charge in [0, 0.05) is 6.61 Å². The molecule has 0 aliphatic rings. The summed E-state index contributed by atoms with van der Waals surface area (Å²) in [6, 6.07) is 0. The second kappa shape index (κ2) is 17.2. The molecule has 22 heavy (non-hydrogen) atoms. The van der Waals surface area contributed by atoms with Crippen LogP contribution in [0.2, 0.25) is 0 Å². The standard InChI is InChI=1S/C19H36NO.Li/c1-6-7-8-9-12-18(2)13-10-14-19(3)17-21-16-11-15-20(4)5;/h12,14H,2,6-11,13,15-17H2,1,3-5H3;/q-1;+1/b18-12-,19-14-;. The fourth-order valence-corrected chi connectivity index (χ4v) is 2.08. The number of nitrogens with zero attached hydrogens (tertiary/aromatic N) is 1. The molecule has 0 spiro atoms. The molecule has 0 atom stereocenters. The van der Waals surface area contributed by atoms with Gasteiger partial charge in [-0.05, 0) is 40.4 Å². The van der Waals surface area contributed by atoms with Crippen molar-refractivity contribution >= 4 is 0 Å². The molecule has 0 bridgehead atoms. The van der Waals surface area contributed by atoms with Gasteiger partial charge < -0.3 is 9.64 Å². The maximum Gasteiger partial charge on any atom is 1.00 e. The monoisotopic (exact) mass is 301 g/mol. The molecule has 2 nitrogen and oxygen atoms in total. The van der Waals surface area contributed by atoms with Gasteiger partial charge in [0.1, 0.15) is 0 Å². The molecule has 124 valence electrons. The molecular weight excluding hydrogens is 265 g/mol. The van der Waals surface area contributed by atoms with Gasteiger partial charge in [-0.25, -0.2) is 18.6 Å². The Morgan fingerprint density at radius 2 is 1.82 bits per heavy atom. The second-order valence-electron chi connectivity index (χ2n) is 6.16. The Morgan fingerprint density at radius 1 is 1.09 bits per heavy atom. The number of rotatable bonds is 13. The van der Waals surface area contributed by atoms with E-state index >= 15 is 0 Å². The van der Waals surface area contributed by atoms with Gasteiger partial charge in [0.05, 0.1) is 6.61 Å². The van der Waals surface area contributed by atoms with Crippen molar-refractivity contribution in [2.75, 3.05) is 33.9 Å². The third kappa shape index (κ3) is 17.9. The first-order valence-electron chi connectivity index (χ1n) is 8.45. The van der Waals surface area contributed by atoms with Crippen LogP contribution in [0.25, 0.3) is 0 Å². The normalized spacial score (nSPS) is 12.6. The molecule has 0 aliphatic heterocycles. The summed E-state index contributed by atoms with van der Waals surface area (Å²) in [7, 11) is 4.19. The Balaban J connectivity index is 0. The van der Waals surface area contributed by atoms with E-state index < -0.39 is 0 Å². The smallest absolute Gasteiger partial charge is 0.377 e. The van der Waals surface area contributed by atoms with Crippen molar-refractivity contribution in [1.29, 1.82) is 0 Å². The fourth-order valence-electron chi connectivity index (χ4n) is 2.08. The number of hydrogen-bond donors (Lipinski definition) is 0. The quantitative estimate of drug-likeness (QED) is 0.223. The minimum atomic E-state index is 0. The van der Waals surface area contributed by atoms with E-state index in [1.165, 1.54) is 36.8 Å². The van der Waals surface area contributed by atoms with E-state index in [0.29, 0.717) is 0 Å². The van der Waals surface area contributed by atoms with Crippen LogP contribution >= 0.6 is 0 Å².